The molecule has 2 aromatic rings. The number of benzene rings is 2. The molecule has 3 aliphatic rings. The molecule has 2 saturated heterocycles. The van der Waals surface area contributed by atoms with Crippen LogP contribution in [0.25, 0.3) is 0 Å². The Hall–Kier alpha value is -1.43. The van der Waals surface area contributed by atoms with Gasteiger partial charge in [-0.3, -0.25) is 9.69 Å². The largest absolute Gasteiger partial charge is 1.00 e. The van der Waals surface area contributed by atoms with Gasteiger partial charge in [0, 0.05) is 62.6 Å². The Balaban J connectivity index is 0.000000305. The number of anilines is 1. The summed E-state index contributed by atoms with van der Waals surface area (Å²) in [7, 11) is 2.07. The predicted octanol–water partition coefficient (Wildman–Crippen LogP) is 1.60. The van der Waals surface area contributed by atoms with Gasteiger partial charge >= 0.3 is 29.6 Å². The Morgan fingerprint density at radius 2 is 1.73 bits per heavy atom. The van der Waals surface area contributed by atoms with Crippen molar-refractivity contribution in [3.05, 3.63) is 72.1 Å². The first-order valence-corrected chi connectivity index (χ1v) is 13.0. The van der Waals surface area contributed by atoms with E-state index in [4.69, 9.17) is 16.9 Å². The van der Waals surface area contributed by atoms with Crippen LogP contribution in [0.2, 0.25) is 5.02 Å². The first kappa shape index (κ1) is 33.6. The molecule has 8 heteroatoms. The smallest absolute Gasteiger partial charge is 0.369 e. The maximum Gasteiger partial charge on any atom is 1.00 e. The zero-order chi connectivity index (χ0) is 24.9. The van der Waals surface area contributed by atoms with Crippen molar-refractivity contribution in [2.45, 2.75) is 44.2 Å². The first-order chi connectivity index (χ1) is 17.1. The molecule has 6 nitrogen and oxygen atoms in total. The number of carbonyl (C=O) groups excluding carboxylic acids is 1. The van der Waals surface area contributed by atoms with E-state index >= 15 is 0 Å². The maximum atomic E-state index is 10.6. The van der Waals surface area contributed by atoms with Gasteiger partial charge in [-0.25, -0.2) is 0 Å². The van der Waals surface area contributed by atoms with Crippen molar-refractivity contribution in [1.82, 2.24) is 15.5 Å². The molecule has 0 spiro atoms. The van der Waals surface area contributed by atoms with Gasteiger partial charge in [-0.2, -0.15) is 41.1 Å². The van der Waals surface area contributed by atoms with Gasteiger partial charge in [-0.15, -0.1) is 0 Å². The monoisotopic (exact) mass is 532 g/mol. The Bertz CT molecular complexity index is 934. The van der Waals surface area contributed by atoms with Crippen LogP contribution in [-0.2, 0) is 0 Å². The fraction of sp³-hybridized carbons (Fsp3) is 0.483. The van der Waals surface area contributed by atoms with Crippen LogP contribution in [0.4, 0.5) is 5.69 Å². The van der Waals surface area contributed by atoms with Gasteiger partial charge in [0.25, 0.3) is 0 Å². The van der Waals surface area contributed by atoms with E-state index in [0.29, 0.717) is 10.6 Å². The summed E-state index contributed by atoms with van der Waals surface area (Å²) >= 11 is 5.57. The normalized spacial score (nSPS) is 17.7. The van der Waals surface area contributed by atoms with Crippen molar-refractivity contribution < 1.29 is 34.4 Å². The van der Waals surface area contributed by atoms with E-state index in [1.807, 2.05) is 30.3 Å². The number of piperazine rings is 1. The minimum atomic E-state index is 0. The van der Waals surface area contributed by atoms with Gasteiger partial charge in [0.15, 0.2) is 0 Å². The van der Waals surface area contributed by atoms with Crippen LogP contribution in [0.5, 0.6) is 0 Å². The van der Waals surface area contributed by atoms with E-state index in [-0.39, 0.29) is 37.0 Å². The molecular formula is C29H40ClN5NaO-. The van der Waals surface area contributed by atoms with Crippen molar-refractivity contribution in [2.24, 2.45) is 0 Å². The van der Waals surface area contributed by atoms with E-state index in [1.165, 1.54) is 37.8 Å². The fourth-order valence-corrected chi connectivity index (χ4v) is 4.70. The minimum Gasteiger partial charge on any atom is -0.369 e. The molecule has 2 N–H and O–H groups in total. The number of carbonyl (C=O) groups is 1. The Morgan fingerprint density at radius 1 is 1.08 bits per heavy atom. The van der Waals surface area contributed by atoms with Crippen LogP contribution in [-0.4, -0.2) is 69.6 Å². The molecule has 2 aliphatic heterocycles. The summed E-state index contributed by atoms with van der Waals surface area (Å²) < 4.78 is 0. The Morgan fingerprint density at radius 3 is 2.16 bits per heavy atom. The van der Waals surface area contributed by atoms with Crippen LogP contribution in [0.15, 0.2) is 42.5 Å². The summed E-state index contributed by atoms with van der Waals surface area (Å²) in [6, 6.07) is 19.0. The van der Waals surface area contributed by atoms with E-state index < -0.39 is 0 Å². The van der Waals surface area contributed by atoms with Gasteiger partial charge in [0.05, 0.1) is 6.07 Å². The van der Waals surface area contributed by atoms with Crippen molar-refractivity contribution in [2.75, 3.05) is 51.2 Å². The molecule has 0 aromatic heterocycles. The summed E-state index contributed by atoms with van der Waals surface area (Å²) in [5.41, 5.74) is 2.47. The number of halogens is 1. The second-order valence-corrected chi connectivity index (χ2v) is 9.59. The third kappa shape index (κ3) is 11.1. The second-order valence-electron chi connectivity index (χ2n) is 9.19. The number of nitrogens with one attached hydrogen (secondary N) is 2. The van der Waals surface area contributed by atoms with Crippen LogP contribution < -0.4 is 45.1 Å². The Kier molecular flexibility index (Phi) is 17.0. The van der Waals surface area contributed by atoms with Crippen molar-refractivity contribution in [3.63, 3.8) is 0 Å². The van der Waals surface area contributed by atoms with Gasteiger partial charge < -0.3 is 23.0 Å². The molecule has 0 radical (unpaired) electrons. The topological polar surface area (TPSA) is 71.4 Å². The molecule has 3 fully saturated rings. The SMILES string of the molecule is CNC1CCCCC1.N#Cc1cc[c-]cc1Cl.O=Cc1ccc(N2CCN(C3CNC3)CC2)cc1.[CH3-].[Na+]. The van der Waals surface area contributed by atoms with Crippen molar-refractivity contribution >= 4 is 23.6 Å². The molecule has 37 heavy (non-hydrogen) atoms. The number of aldehydes is 1. The summed E-state index contributed by atoms with van der Waals surface area (Å²) in [5.74, 6) is 0. The summed E-state index contributed by atoms with van der Waals surface area (Å²) in [6.45, 7) is 6.74. The van der Waals surface area contributed by atoms with Gasteiger partial charge in [-0.05, 0) is 49.7 Å². The molecule has 0 bridgehead atoms. The van der Waals surface area contributed by atoms with Crippen molar-refractivity contribution in [1.29, 1.82) is 5.26 Å². The maximum absolute atomic E-state index is 10.6. The molecule has 2 aromatic carbocycles. The van der Waals surface area contributed by atoms with Crippen molar-refractivity contribution in [3.8, 4) is 6.07 Å². The third-order valence-electron chi connectivity index (χ3n) is 6.93. The van der Waals surface area contributed by atoms with E-state index in [2.05, 4.69) is 33.5 Å². The summed E-state index contributed by atoms with van der Waals surface area (Å²) in [6.07, 6.45) is 8.02. The average molecular weight is 533 g/mol. The zero-order valence-electron chi connectivity index (χ0n) is 22.7. The summed E-state index contributed by atoms with van der Waals surface area (Å²) in [4.78, 5) is 15.6. The van der Waals surface area contributed by atoms with Crippen LogP contribution in [0.3, 0.4) is 0 Å². The number of rotatable bonds is 4. The standard InChI is InChI=1S/C14H19N3O.C7H3ClN.C7H15N.CH3.Na/c18-11-12-1-3-13(4-2-12)16-5-7-17(8-6-16)14-9-15-10-14;8-7-4-2-1-3-6(7)5-9;1-8-7-5-3-2-4-6-7;;/h1-4,11,14-15H,5-10H2;1,3-4H;7-8H,2-6H2,1H3;1H3;/q;-1;;-1;+1. The molecule has 1 aliphatic carbocycles. The van der Waals surface area contributed by atoms with E-state index in [1.54, 1.807) is 18.2 Å². The molecule has 5 rings (SSSR count). The van der Waals surface area contributed by atoms with E-state index in [0.717, 1.165) is 63.2 Å². The average Bonchev–Trinajstić information content (AvgIpc) is 2.90. The fourth-order valence-electron chi connectivity index (χ4n) is 4.53. The second kappa shape index (κ2) is 18.8. The molecule has 0 amide bonds. The van der Waals surface area contributed by atoms with Crippen LogP contribution in [0, 0.1) is 24.8 Å². The molecule has 1 saturated carbocycles. The van der Waals surface area contributed by atoms with Gasteiger partial charge in [-0.1, -0.05) is 24.3 Å². The number of hydrogen-bond acceptors (Lipinski definition) is 6. The van der Waals surface area contributed by atoms with Gasteiger partial charge in [0.2, 0.25) is 0 Å². The molecular weight excluding hydrogens is 493 g/mol. The van der Waals surface area contributed by atoms with Crippen LogP contribution >= 0.6 is 11.6 Å². The third-order valence-corrected chi connectivity index (χ3v) is 7.25. The molecule has 0 atom stereocenters. The van der Waals surface area contributed by atoms with E-state index in [9.17, 15) is 4.79 Å². The number of nitriles is 1. The molecule has 2 heterocycles. The quantitative estimate of drug-likeness (QED) is 0.354. The minimum absolute atomic E-state index is 0. The van der Waals surface area contributed by atoms with Gasteiger partial charge in [0.1, 0.15) is 6.29 Å². The first-order valence-electron chi connectivity index (χ1n) is 12.6. The molecule has 0 unspecified atom stereocenters. The predicted molar refractivity (Wildman–Crippen MR) is 150 cm³/mol. The summed E-state index contributed by atoms with van der Waals surface area (Å²) in [5, 5.41) is 15.5. The van der Waals surface area contributed by atoms with Crippen LogP contribution in [0.1, 0.15) is 48.0 Å². The number of hydrogen-bond donors (Lipinski definition) is 2. The number of nitrogens with zero attached hydrogens (tertiary/aromatic N) is 3. The molecule has 196 valence electrons. The zero-order valence-corrected chi connectivity index (χ0v) is 25.4. The Labute approximate surface area is 251 Å².